The summed E-state index contributed by atoms with van der Waals surface area (Å²) in [6, 6.07) is 8.06. The lowest BCUT2D eigenvalue weighted by atomic mass is 9.92. The van der Waals surface area contributed by atoms with E-state index in [1.165, 1.54) is 21.9 Å². The van der Waals surface area contributed by atoms with Crippen LogP contribution < -0.4 is 5.32 Å². The molecule has 0 aliphatic heterocycles. The number of nitro groups is 1. The van der Waals surface area contributed by atoms with Crippen LogP contribution in [-0.4, -0.2) is 25.9 Å². The smallest absolute Gasteiger partial charge is 0.358 e. The topological polar surface area (TPSA) is 90.1 Å². The molecule has 0 atom stereocenters. The molecule has 0 aliphatic rings. The zero-order valence-electron chi connectivity index (χ0n) is 14.4. The predicted molar refractivity (Wildman–Crippen MR) is 90.7 cm³/mol. The van der Waals surface area contributed by atoms with Crippen LogP contribution in [0.1, 0.15) is 30.8 Å². The van der Waals surface area contributed by atoms with Crippen LogP contribution in [0.25, 0.3) is 0 Å². The van der Waals surface area contributed by atoms with Gasteiger partial charge in [0, 0.05) is 12.5 Å². The van der Waals surface area contributed by atoms with E-state index < -0.39 is 10.5 Å². The Morgan fingerprint density at radius 2 is 2.00 bits per heavy atom. The van der Waals surface area contributed by atoms with Crippen LogP contribution in [-0.2, 0) is 17.8 Å². The fourth-order valence-corrected chi connectivity index (χ4v) is 2.64. The molecule has 7 heteroatoms. The van der Waals surface area contributed by atoms with Crippen molar-refractivity contribution in [2.45, 2.75) is 46.2 Å². The van der Waals surface area contributed by atoms with Gasteiger partial charge in [-0.2, -0.15) is 0 Å². The lowest BCUT2D eigenvalue weighted by molar-refractivity contribution is -0.389. The molecule has 0 fully saturated rings. The molecule has 24 heavy (non-hydrogen) atoms. The second-order valence-corrected chi connectivity index (χ2v) is 6.57. The minimum Gasteiger partial charge on any atom is -0.358 e. The second-order valence-electron chi connectivity index (χ2n) is 6.57. The van der Waals surface area contributed by atoms with Gasteiger partial charge in [-0.15, -0.1) is 0 Å². The van der Waals surface area contributed by atoms with Crippen molar-refractivity contribution in [1.29, 1.82) is 0 Å². The van der Waals surface area contributed by atoms with Crippen LogP contribution in [0.4, 0.5) is 5.82 Å². The van der Waals surface area contributed by atoms with E-state index in [0.29, 0.717) is 12.2 Å². The number of aryl methyl sites for hydroxylation is 2. The third kappa shape index (κ3) is 4.41. The monoisotopic (exact) mass is 330 g/mol. The standard InChI is InChI=1S/C17H22N4O3/c1-12-7-5-6-8-14(12)9-17(3,4)19-16(22)11-20-10-15(21(23)24)18-13(20)2/h5-8,10H,9,11H2,1-4H3,(H,19,22). The number of aromatic nitrogens is 2. The third-order valence-corrected chi connectivity index (χ3v) is 3.84. The Hall–Kier alpha value is -2.70. The van der Waals surface area contributed by atoms with Gasteiger partial charge in [-0.3, -0.25) is 9.36 Å². The van der Waals surface area contributed by atoms with E-state index in [2.05, 4.69) is 10.3 Å². The highest BCUT2D eigenvalue weighted by Crippen LogP contribution is 2.16. The van der Waals surface area contributed by atoms with Crippen molar-refractivity contribution in [2.24, 2.45) is 0 Å². The number of rotatable bonds is 6. The van der Waals surface area contributed by atoms with Gasteiger partial charge in [0.1, 0.15) is 12.7 Å². The number of hydrogen-bond acceptors (Lipinski definition) is 4. The van der Waals surface area contributed by atoms with E-state index in [1.807, 2.05) is 45.0 Å². The number of carbonyl (C=O) groups excluding carboxylic acids is 1. The molecule has 7 nitrogen and oxygen atoms in total. The molecule has 1 aromatic heterocycles. The fraction of sp³-hybridized carbons (Fsp3) is 0.412. The quantitative estimate of drug-likeness (QED) is 0.651. The lowest BCUT2D eigenvalue weighted by Gasteiger charge is -2.27. The summed E-state index contributed by atoms with van der Waals surface area (Å²) in [5.74, 6) is -0.0167. The molecule has 2 aromatic rings. The maximum Gasteiger partial charge on any atom is 0.381 e. The molecule has 0 saturated heterocycles. The average Bonchev–Trinajstić information content (AvgIpc) is 2.82. The first kappa shape index (κ1) is 17.7. The Balaban J connectivity index is 2.03. The molecule has 0 bridgehead atoms. The highest BCUT2D eigenvalue weighted by atomic mass is 16.6. The lowest BCUT2D eigenvalue weighted by Crippen LogP contribution is -2.46. The van der Waals surface area contributed by atoms with E-state index in [1.54, 1.807) is 6.92 Å². The number of carbonyl (C=O) groups is 1. The maximum absolute atomic E-state index is 12.3. The molecule has 1 heterocycles. The first-order valence-electron chi connectivity index (χ1n) is 7.71. The van der Waals surface area contributed by atoms with Crippen molar-refractivity contribution in [3.05, 3.63) is 57.5 Å². The Morgan fingerprint density at radius 1 is 1.33 bits per heavy atom. The highest BCUT2D eigenvalue weighted by molar-refractivity contribution is 5.76. The van der Waals surface area contributed by atoms with Crippen molar-refractivity contribution in [2.75, 3.05) is 0 Å². The van der Waals surface area contributed by atoms with E-state index >= 15 is 0 Å². The SMILES string of the molecule is Cc1ccccc1CC(C)(C)NC(=O)Cn1cc([N+](=O)[O-])nc1C. The Bertz CT molecular complexity index is 765. The molecule has 0 saturated carbocycles. The van der Waals surface area contributed by atoms with Gasteiger partial charge >= 0.3 is 5.82 Å². The molecule has 0 radical (unpaired) electrons. The largest absolute Gasteiger partial charge is 0.381 e. The number of hydrogen-bond donors (Lipinski definition) is 1. The molecule has 1 aromatic carbocycles. The number of benzene rings is 1. The van der Waals surface area contributed by atoms with Crippen molar-refractivity contribution < 1.29 is 9.72 Å². The van der Waals surface area contributed by atoms with Gasteiger partial charge in [0.25, 0.3) is 0 Å². The van der Waals surface area contributed by atoms with Gasteiger partial charge in [-0.1, -0.05) is 24.3 Å². The summed E-state index contributed by atoms with van der Waals surface area (Å²) < 4.78 is 1.48. The van der Waals surface area contributed by atoms with E-state index in [9.17, 15) is 14.9 Å². The van der Waals surface area contributed by atoms with Crippen molar-refractivity contribution >= 4 is 11.7 Å². The molecule has 128 valence electrons. The second kappa shape index (κ2) is 6.82. The summed E-state index contributed by atoms with van der Waals surface area (Å²) in [6.45, 7) is 7.60. The van der Waals surface area contributed by atoms with E-state index in [-0.39, 0.29) is 18.3 Å². The number of amides is 1. The first-order chi connectivity index (χ1) is 11.2. The first-order valence-corrected chi connectivity index (χ1v) is 7.71. The van der Waals surface area contributed by atoms with Crippen molar-refractivity contribution in [1.82, 2.24) is 14.9 Å². The van der Waals surface area contributed by atoms with E-state index in [4.69, 9.17) is 0 Å². The summed E-state index contributed by atoms with van der Waals surface area (Å²) in [7, 11) is 0. The normalized spacial score (nSPS) is 11.3. The minimum absolute atomic E-state index is 0.00384. The third-order valence-electron chi connectivity index (χ3n) is 3.84. The molecular weight excluding hydrogens is 308 g/mol. The molecule has 1 N–H and O–H groups in total. The van der Waals surface area contributed by atoms with Gasteiger partial charge in [-0.05, 0) is 48.2 Å². The van der Waals surface area contributed by atoms with Gasteiger partial charge in [0.15, 0.2) is 0 Å². The average molecular weight is 330 g/mol. The van der Waals surface area contributed by atoms with Crippen LogP contribution in [0.5, 0.6) is 0 Å². The molecular formula is C17H22N4O3. The van der Waals surface area contributed by atoms with Gasteiger partial charge in [-0.25, -0.2) is 0 Å². The molecule has 0 spiro atoms. The van der Waals surface area contributed by atoms with Crippen molar-refractivity contribution in [3.8, 4) is 0 Å². The molecule has 2 rings (SSSR count). The van der Waals surface area contributed by atoms with Crippen LogP contribution in [0.2, 0.25) is 0 Å². The van der Waals surface area contributed by atoms with Crippen LogP contribution in [0.3, 0.4) is 0 Å². The number of imidazole rings is 1. The summed E-state index contributed by atoms with van der Waals surface area (Å²) in [5.41, 5.74) is 1.93. The zero-order valence-corrected chi connectivity index (χ0v) is 14.4. The summed E-state index contributed by atoms with van der Waals surface area (Å²) in [5, 5.41) is 13.7. The summed E-state index contributed by atoms with van der Waals surface area (Å²) in [4.78, 5) is 26.3. The maximum atomic E-state index is 12.3. The van der Waals surface area contributed by atoms with Crippen LogP contribution in [0.15, 0.2) is 30.5 Å². The van der Waals surface area contributed by atoms with Gasteiger partial charge < -0.3 is 15.4 Å². The summed E-state index contributed by atoms with van der Waals surface area (Å²) >= 11 is 0. The highest BCUT2D eigenvalue weighted by Gasteiger charge is 2.23. The van der Waals surface area contributed by atoms with Crippen molar-refractivity contribution in [3.63, 3.8) is 0 Å². The Morgan fingerprint density at radius 3 is 2.58 bits per heavy atom. The number of nitrogens with zero attached hydrogens (tertiary/aromatic N) is 3. The molecule has 0 unspecified atom stereocenters. The fourth-order valence-electron chi connectivity index (χ4n) is 2.64. The van der Waals surface area contributed by atoms with E-state index in [0.717, 1.165) is 0 Å². The predicted octanol–water partition coefficient (Wildman–Crippen LogP) is 2.55. The zero-order chi connectivity index (χ0) is 17.9. The number of nitrogens with one attached hydrogen (secondary N) is 1. The van der Waals surface area contributed by atoms with Crippen LogP contribution in [0, 0.1) is 24.0 Å². The van der Waals surface area contributed by atoms with Gasteiger partial charge in [0.2, 0.25) is 11.7 Å². The Kier molecular flexibility index (Phi) is 5.02. The Labute approximate surface area is 140 Å². The van der Waals surface area contributed by atoms with Gasteiger partial charge in [0.05, 0.1) is 0 Å². The molecule has 1 amide bonds. The summed E-state index contributed by atoms with van der Waals surface area (Å²) in [6.07, 6.45) is 1.98. The minimum atomic E-state index is -0.566. The van der Waals surface area contributed by atoms with Crippen LogP contribution >= 0.6 is 0 Å². The molecule has 0 aliphatic carbocycles.